The van der Waals surface area contributed by atoms with Crippen molar-refractivity contribution in [2.24, 2.45) is 11.8 Å². The molecule has 0 aliphatic carbocycles. The molecule has 1 N–H and O–H groups in total. The molecule has 0 saturated carbocycles. The van der Waals surface area contributed by atoms with Crippen LogP contribution in [0, 0.1) is 18.8 Å². The van der Waals surface area contributed by atoms with Gasteiger partial charge in [0, 0.05) is 36.7 Å². The second-order valence-electron chi connectivity index (χ2n) is 9.69. The van der Waals surface area contributed by atoms with E-state index in [1.807, 2.05) is 60.4 Å². The first kappa shape index (κ1) is 23.8. The Morgan fingerprint density at radius 1 is 1.03 bits per heavy atom. The number of hydrogen-bond acceptors (Lipinski definition) is 4. The Bertz CT molecular complexity index is 1370. The number of piperidine rings is 1. The van der Waals surface area contributed by atoms with Gasteiger partial charge in [0.05, 0.1) is 0 Å². The summed E-state index contributed by atoms with van der Waals surface area (Å²) in [7, 11) is 0. The van der Waals surface area contributed by atoms with E-state index in [9.17, 15) is 9.59 Å². The minimum Gasteiger partial charge on any atom is -0.436 e. The van der Waals surface area contributed by atoms with Crippen LogP contribution in [-0.4, -0.2) is 34.8 Å². The third kappa shape index (κ3) is 5.18. The zero-order chi connectivity index (χ0) is 25.1. The van der Waals surface area contributed by atoms with E-state index in [1.54, 1.807) is 12.1 Å². The third-order valence-corrected chi connectivity index (χ3v) is 7.15. The molecule has 1 aromatic heterocycles. The molecule has 0 bridgehead atoms. The SMILES string of the molecule is Cc1cccc(CNC(=O)C(C)C2CCN(C(=O)c3ccc4oc(-c5ccccc5)nc4c3)CC2)c1. The molecule has 6 nitrogen and oxygen atoms in total. The Kier molecular flexibility index (Phi) is 6.85. The van der Waals surface area contributed by atoms with E-state index in [1.165, 1.54) is 5.56 Å². The number of oxazole rings is 1. The molecule has 0 spiro atoms. The minimum absolute atomic E-state index is 0.00355. The van der Waals surface area contributed by atoms with Crippen LogP contribution in [0.25, 0.3) is 22.6 Å². The molecule has 4 aromatic rings. The Morgan fingerprint density at radius 3 is 2.56 bits per heavy atom. The minimum atomic E-state index is -0.0880. The average Bonchev–Trinajstić information content (AvgIpc) is 3.35. The Morgan fingerprint density at radius 2 is 1.81 bits per heavy atom. The highest BCUT2D eigenvalue weighted by Gasteiger charge is 2.30. The molecule has 0 radical (unpaired) electrons. The first-order valence-electron chi connectivity index (χ1n) is 12.6. The van der Waals surface area contributed by atoms with Crippen LogP contribution in [0.2, 0.25) is 0 Å². The summed E-state index contributed by atoms with van der Waals surface area (Å²) in [5.74, 6) is 0.793. The molecule has 3 aromatic carbocycles. The molecule has 2 amide bonds. The number of benzene rings is 3. The predicted molar refractivity (Wildman–Crippen MR) is 140 cm³/mol. The van der Waals surface area contributed by atoms with Crippen LogP contribution in [0.3, 0.4) is 0 Å². The molecule has 36 heavy (non-hydrogen) atoms. The molecular formula is C30H31N3O3. The fourth-order valence-electron chi connectivity index (χ4n) is 4.94. The lowest BCUT2D eigenvalue weighted by Crippen LogP contribution is -2.42. The van der Waals surface area contributed by atoms with Crippen LogP contribution in [0.15, 0.2) is 77.2 Å². The van der Waals surface area contributed by atoms with Gasteiger partial charge in [-0.15, -0.1) is 0 Å². The lowest BCUT2D eigenvalue weighted by molar-refractivity contribution is -0.126. The smallest absolute Gasteiger partial charge is 0.253 e. The number of likely N-dealkylation sites (tertiary alicyclic amines) is 1. The van der Waals surface area contributed by atoms with Gasteiger partial charge in [0.25, 0.3) is 5.91 Å². The standard InChI is InChI=1S/C30H31N3O3/c1-20-7-6-8-22(17-20)19-31-28(34)21(2)23-13-15-33(16-14-23)30(35)25-11-12-27-26(18-25)32-29(36-27)24-9-4-3-5-10-24/h3-12,17-18,21,23H,13-16,19H2,1-2H3,(H,31,34). The van der Waals surface area contributed by atoms with Crippen LogP contribution in [0.4, 0.5) is 0 Å². The van der Waals surface area contributed by atoms with Crippen molar-refractivity contribution in [3.8, 4) is 11.5 Å². The molecule has 1 atom stereocenters. The summed E-state index contributed by atoms with van der Waals surface area (Å²) in [4.78, 5) is 32.4. The number of fused-ring (bicyclic) bond motifs is 1. The van der Waals surface area contributed by atoms with Crippen molar-refractivity contribution in [3.05, 3.63) is 89.5 Å². The number of nitrogens with one attached hydrogen (secondary N) is 1. The van der Waals surface area contributed by atoms with Crippen LogP contribution < -0.4 is 5.32 Å². The number of carbonyl (C=O) groups is 2. The van der Waals surface area contributed by atoms with Crippen LogP contribution in [0.1, 0.15) is 41.3 Å². The molecule has 2 heterocycles. The molecule has 1 saturated heterocycles. The van der Waals surface area contributed by atoms with Crippen molar-refractivity contribution in [3.63, 3.8) is 0 Å². The van der Waals surface area contributed by atoms with Crippen LogP contribution >= 0.6 is 0 Å². The summed E-state index contributed by atoms with van der Waals surface area (Å²) in [5.41, 5.74) is 5.14. The van der Waals surface area contributed by atoms with Crippen molar-refractivity contribution in [1.29, 1.82) is 0 Å². The first-order chi connectivity index (χ1) is 17.5. The topological polar surface area (TPSA) is 75.4 Å². The molecule has 184 valence electrons. The second-order valence-corrected chi connectivity index (χ2v) is 9.69. The molecule has 5 rings (SSSR count). The van der Waals surface area contributed by atoms with E-state index in [0.717, 1.165) is 24.0 Å². The van der Waals surface area contributed by atoms with Crippen LogP contribution in [0.5, 0.6) is 0 Å². The largest absolute Gasteiger partial charge is 0.436 e. The summed E-state index contributed by atoms with van der Waals surface area (Å²) in [5, 5.41) is 3.08. The fraction of sp³-hybridized carbons (Fsp3) is 0.300. The highest BCUT2D eigenvalue weighted by molar-refractivity contribution is 5.97. The first-order valence-corrected chi connectivity index (χ1v) is 12.6. The quantitative estimate of drug-likeness (QED) is 0.389. The number of rotatable bonds is 6. The lowest BCUT2D eigenvalue weighted by Gasteiger charge is -2.34. The maximum absolute atomic E-state index is 13.2. The van der Waals surface area contributed by atoms with Crippen molar-refractivity contribution < 1.29 is 14.0 Å². The normalized spacial score (nSPS) is 15.1. The number of hydrogen-bond donors (Lipinski definition) is 1. The monoisotopic (exact) mass is 481 g/mol. The van der Waals surface area contributed by atoms with Gasteiger partial charge in [-0.1, -0.05) is 55.0 Å². The fourth-order valence-corrected chi connectivity index (χ4v) is 4.94. The van der Waals surface area contributed by atoms with Gasteiger partial charge in [0.2, 0.25) is 11.8 Å². The van der Waals surface area contributed by atoms with E-state index in [2.05, 4.69) is 29.4 Å². The molecule has 1 unspecified atom stereocenters. The maximum atomic E-state index is 13.2. The maximum Gasteiger partial charge on any atom is 0.253 e. The molecule has 1 fully saturated rings. The number of amides is 2. The number of aromatic nitrogens is 1. The van der Waals surface area contributed by atoms with Gasteiger partial charge in [-0.2, -0.15) is 0 Å². The van der Waals surface area contributed by atoms with Gasteiger partial charge in [0.1, 0.15) is 5.52 Å². The Hall–Kier alpha value is -3.93. The highest BCUT2D eigenvalue weighted by atomic mass is 16.3. The van der Waals surface area contributed by atoms with E-state index < -0.39 is 0 Å². The van der Waals surface area contributed by atoms with E-state index in [-0.39, 0.29) is 23.7 Å². The molecular weight excluding hydrogens is 450 g/mol. The summed E-state index contributed by atoms with van der Waals surface area (Å²) in [6.07, 6.45) is 1.63. The Labute approximate surface area is 211 Å². The number of nitrogens with zero attached hydrogens (tertiary/aromatic N) is 2. The van der Waals surface area contributed by atoms with Gasteiger partial charge >= 0.3 is 0 Å². The molecule has 6 heteroatoms. The summed E-state index contributed by atoms with van der Waals surface area (Å²) in [6, 6.07) is 23.3. The number of aryl methyl sites for hydroxylation is 1. The zero-order valence-corrected chi connectivity index (χ0v) is 20.7. The predicted octanol–water partition coefficient (Wildman–Crippen LogP) is 5.61. The van der Waals surface area contributed by atoms with Gasteiger partial charge in [-0.3, -0.25) is 9.59 Å². The van der Waals surface area contributed by atoms with Crippen molar-refractivity contribution in [2.45, 2.75) is 33.2 Å². The van der Waals surface area contributed by atoms with Gasteiger partial charge in [-0.05, 0) is 61.6 Å². The lowest BCUT2D eigenvalue weighted by atomic mass is 9.84. The van der Waals surface area contributed by atoms with Gasteiger partial charge in [0.15, 0.2) is 5.58 Å². The summed E-state index contributed by atoms with van der Waals surface area (Å²) in [6.45, 7) is 5.88. The molecule has 1 aliphatic heterocycles. The number of carbonyl (C=O) groups excluding carboxylic acids is 2. The van der Waals surface area contributed by atoms with Crippen LogP contribution in [-0.2, 0) is 11.3 Å². The van der Waals surface area contributed by atoms with E-state index in [4.69, 9.17) is 4.42 Å². The second kappa shape index (κ2) is 10.4. The summed E-state index contributed by atoms with van der Waals surface area (Å²) < 4.78 is 5.88. The third-order valence-electron chi connectivity index (χ3n) is 7.15. The highest BCUT2D eigenvalue weighted by Crippen LogP contribution is 2.28. The molecule has 1 aliphatic rings. The van der Waals surface area contributed by atoms with E-state index >= 15 is 0 Å². The van der Waals surface area contributed by atoms with E-state index in [0.29, 0.717) is 42.2 Å². The van der Waals surface area contributed by atoms with Gasteiger partial charge < -0.3 is 14.6 Å². The van der Waals surface area contributed by atoms with Gasteiger partial charge in [-0.25, -0.2) is 4.98 Å². The van der Waals surface area contributed by atoms with Crippen molar-refractivity contribution >= 4 is 22.9 Å². The zero-order valence-electron chi connectivity index (χ0n) is 20.7. The summed E-state index contributed by atoms with van der Waals surface area (Å²) >= 11 is 0. The van der Waals surface area contributed by atoms with Crippen molar-refractivity contribution in [1.82, 2.24) is 15.2 Å². The average molecular weight is 482 g/mol. The Balaban J connectivity index is 1.17. The van der Waals surface area contributed by atoms with Crippen molar-refractivity contribution in [2.75, 3.05) is 13.1 Å².